The van der Waals surface area contributed by atoms with Gasteiger partial charge in [0.25, 0.3) is 5.91 Å². The zero-order chi connectivity index (χ0) is 18.9. The molecule has 134 valence electrons. The van der Waals surface area contributed by atoms with E-state index in [1.807, 2.05) is 30.3 Å². The summed E-state index contributed by atoms with van der Waals surface area (Å²) in [6, 6.07) is 14.6. The van der Waals surface area contributed by atoms with Crippen molar-refractivity contribution in [3.05, 3.63) is 64.3 Å². The molecule has 0 bridgehead atoms. The molecule has 2 N–H and O–H groups in total. The first-order valence-corrected chi connectivity index (χ1v) is 8.48. The second-order valence-electron chi connectivity index (χ2n) is 5.16. The molecule has 0 unspecified atom stereocenters. The van der Waals surface area contributed by atoms with Crippen LogP contribution in [0, 0.1) is 11.3 Å². The number of amides is 1. The number of ether oxygens (including phenoxy) is 2. The number of hydrogen-bond donors (Lipinski definition) is 2. The van der Waals surface area contributed by atoms with Crippen LogP contribution in [0.15, 0.2) is 58.7 Å². The van der Waals surface area contributed by atoms with Crippen LogP contribution in [0.2, 0.25) is 0 Å². The van der Waals surface area contributed by atoms with Crippen LogP contribution < -0.4 is 20.1 Å². The fourth-order valence-corrected chi connectivity index (χ4v) is 2.58. The van der Waals surface area contributed by atoms with E-state index in [0.29, 0.717) is 23.7 Å². The van der Waals surface area contributed by atoms with Gasteiger partial charge in [0.15, 0.2) is 0 Å². The van der Waals surface area contributed by atoms with Gasteiger partial charge in [0.1, 0.15) is 23.1 Å². The fourth-order valence-electron chi connectivity index (χ4n) is 2.15. The highest BCUT2D eigenvalue weighted by molar-refractivity contribution is 9.10. The van der Waals surface area contributed by atoms with E-state index < -0.39 is 5.91 Å². The molecule has 0 aliphatic rings. The lowest BCUT2D eigenvalue weighted by molar-refractivity contribution is -0.112. The minimum atomic E-state index is -0.543. The molecule has 0 spiro atoms. The van der Waals surface area contributed by atoms with Gasteiger partial charge in [-0.1, -0.05) is 34.1 Å². The summed E-state index contributed by atoms with van der Waals surface area (Å²) in [6.45, 7) is 0.475. The Morgan fingerprint density at radius 1 is 1.23 bits per heavy atom. The summed E-state index contributed by atoms with van der Waals surface area (Å²) in [7, 11) is 3.03. The number of benzene rings is 2. The molecular weight excluding hydrogens is 398 g/mol. The molecule has 26 heavy (non-hydrogen) atoms. The lowest BCUT2D eigenvalue weighted by atomic mass is 10.2. The molecule has 0 heterocycles. The van der Waals surface area contributed by atoms with Crippen molar-refractivity contribution in [2.45, 2.75) is 6.54 Å². The average Bonchev–Trinajstić information content (AvgIpc) is 2.66. The molecule has 2 rings (SSSR count). The lowest BCUT2D eigenvalue weighted by Gasteiger charge is -2.11. The van der Waals surface area contributed by atoms with Gasteiger partial charge >= 0.3 is 0 Å². The maximum absolute atomic E-state index is 12.4. The van der Waals surface area contributed by atoms with Crippen LogP contribution in [0.4, 0.5) is 5.69 Å². The van der Waals surface area contributed by atoms with Gasteiger partial charge in [-0.3, -0.25) is 4.79 Å². The molecule has 6 nitrogen and oxygen atoms in total. The summed E-state index contributed by atoms with van der Waals surface area (Å²) in [5.41, 5.74) is 1.38. The highest BCUT2D eigenvalue weighted by Crippen LogP contribution is 2.29. The van der Waals surface area contributed by atoms with Crippen molar-refractivity contribution in [1.82, 2.24) is 5.32 Å². The van der Waals surface area contributed by atoms with Crippen LogP contribution in [-0.4, -0.2) is 20.1 Å². The van der Waals surface area contributed by atoms with Crippen molar-refractivity contribution < 1.29 is 14.3 Å². The van der Waals surface area contributed by atoms with Crippen molar-refractivity contribution in [3.8, 4) is 17.6 Å². The van der Waals surface area contributed by atoms with Crippen molar-refractivity contribution in [2.75, 3.05) is 19.5 Å². The Bertz CT molecular complexity index is 859. The van der Waals surface area contributed by atoms with Crippen LogP contribution in [0.5, 0.6) is 11.5 Å². The number of rotatable bonds is 7. The molecule has 0 saturated heterocycles. The van der Waals surface area contributed by atoms with Gasteiger partial charge in [0.05, 0.1) is 19.9 Å². The summed E-state index contributed by atoms with van der Waals surface area (Å²) in [4.78, 5) is 12.4. The number of carbonyl (C=O) groups is 1. The van der Waals surface area contributed by atoms with E-state index in [1.54, 1.807) is 18.2 Å². The predicted octanol–water partition coefficient (Wildman–Crippen LogP) is 3.60. The zero-order valence-corrected chi connectivity index (χ0v) is 16.0. The van der Waals surface area contributed by atoms with E-state index >= 15 is 0 Å². The van der Waals surface area contributed by atoms with E-state index in [9.17, 15) is 10.1 Å². The normalized spacial score (nSPS) is 10.6. The molecule has 0 atom stereocenters. The Labute approximate surface area is 160 Å². The number of anilines is 1. The smallest absolute Gasteiger partial charge is 0.267 e. The Morgan fingerprint density at radius 3 is 2.65 bits per heavy atom. The third kappa shape index (κ3) is 5.01. The van der Waals surface area contributed by atoms with Crippen molar-refractivity contribution in [3.63, 3.8) is 0 Å². The second kappa shape index (κ2) is 9.49. The maximum atomic E-state index is 12.4. The van der Waals surface area contributed by atoms with Crippen LogP contribution in [0.25, 0.3) is 0 Å². The average molecular weight is 416 g/mol. The summed E-state index contributed by atoms with van der Waals surface area (Å²) in [5.74, 6) is 0.493. The highest BCUT2D eigenvalue weighted by Gasteiger charge is 2.13. The summed E-state index contributed by atoms with van der Waals surface area (Å²) >= 11 is 3.45. The molecular formula is C19H18BrN3O3. The first kappa shape index (κ1) is 19.3. The zero-order valence-electron chi connectivity index (χ0n) is 14.4. The van der Waals surface area contributed by atoms with Crippen LogP contribution in [-0.2, 0) is 11.3 Å². The number of nitrogens with one attached hydrogen (secondary N) is 2. The van der Waals surface area contributed by atoms with Gasteiger partial charge in [-0.15, -0.1) is 0 Å². The maximum Gasteiger partial charge on any atom is 0.267 e. The van der Waals surface area contributed by atoms with E-state index in [2.05, 4.69) is 26.6 Å². The first-order chi connectivity index (χ1) is 12.6. The van der Waals surface area contributed by atoms with Gasteiger partial charge in [-0.2, -0.15) is 5.26 Å². The van der Waals surface area contributed by atoms with Crippen LogP contribution in [0.1, 0.15) is 5.56 Å². The van der Waals surface area contributed by atoms with Gasteiger partial charge in [0, 0.05) is 23.3 Å². The topological polar surface area (TPSA) is 83.4 Å². The molecule has 7 heteroatoms. The largest absolute Gasteiger partial charge is 0.497 e. The molecule has 0 radical (unpaired) electrons. The van der Waals surface area contributed by atoms with Gasteiger partial charge in [-0.05, 0) is 23.8 Å². The van der Waals surface area contributed by atoms with Crippen molar-refractivity contribution in [1.29, 1.82) is 5.26 Å². The van der Waals surface area contributed by atoms with Crippen molar-refractivity contribution >= 4 is 27.5 Å². The number of carbonyl (C=O) groups excluding carboxylic acids is 1. The summed E-state index contributed by atoms with van der Waals surface area (Å²) in [5, 5.41) is 14.9. The minimum Gasteiger partial charge on any atom is -0.497 e. The predicted molar refractivity (Wildman–Crippen MR) is 103 cm³/mol. The van der Waals surface area contributed by atoms with E-state index in [-0.39, 0.29) is 5.57 Å². The molecule has 2 aromatic carbocycles. The lowest BCUT2D eigenvalue weighted by Crippen LogP contribution is -2.17. The minimum absolute atomic E-state index is 0.0538. The van der Waals surface area contributed by atoms with E-state index in [1.165, 1.54) is 20.4 Å². The Morgan fingerprint density at radius 2 is 2.00 bits per heavy atom. The third-order valence-corrected chi connectivity index (χ3v) is 4.29. The van der Waals surface area contributed by atoms with Gasteiger partial charge in [-0.25, -0.2) is 0 Å². The Balaban J connectivity index is 2.09. The standard InChI is InChI=1S/C19H18BrN3O3/c1-25-15-7-8-18(26-2)17(9-15)23-19(24)14(10-21)12-22-11-13-5-3-4-6-16(13)20/h3-9,12,22H,11H2,1-2H3,(H,23,24)/b14-12-. The second-order valence-corrected chi connectivity index (χ2v) is 6.02. The molecule has 2 aromatic rings. The van der Waals surface area contributed by atoms with Gasteiger partial charge in [0.2, 0.25) is 0 Å². The number of methoxy groups -OCH3 is 2. The number of hydrogen-bond acceptors (Lipinski definition) is 5. The molecule has 0 fully saturated rings. The third-order valence-electron chi connectivity index (χ3n) is 3.52. The first-order valence-electron chi connectivity index (χ1n) is 7.69. The van der Waals surface area contributed by atoms with E-state index in [4.69, 9.17) is 9.47 Å². The van der Waals surface area contributed by atoms with Crippen molar-refractivity contribution in [2.24, 2.45) is 0 Å². The van der Waals surface area contributed by atoms with Crippen LogP contribution in [0.3, 0.4) is 0 Å². The molecule has 0 aliphatic carbocycles. The number of nitrogens with zero attached hydrogens (tertiary/aromatic N) is 1. The quantitative estimate of drug-likeness (QED) is 0.533. The molecule has 0 aromatic heterocycles. The Kier molecular flexibility index (Phi) is 7.06. The molecule has 0 aliphatic heterocycles. The Hall–Kier alpha value is -2.98. The summed E-state index contributed by atoms with van der Waals surface area (Å²) in [6.07, 6.45) is 1.39. The number of halogens is 1. The summed E-state index contributed by atoms with van der Waals surface area (Å²) < 4.78 is 11.3. The molecule has 0 saturated carbocycles. The van der Waals surface area contributed by atoms with Crippen LogP contribution >= 0.6 is 15.9 Å². The molecule has 1 amide bonds. The van der Waals surface area contributed by atoms with Gasteiger partial charge < -0.3 is 20.1 Å². The fraction of sp³-hybridized carbons (Fsp3) is 0.158. The monoisotopic (exact) mass is 415 g/mol. The SMILES string of the molecule is COc1ccc(OC)c(NC(=O)/C(C#N)=C\NCc2ccccc2Br)c1. The van der Waals surface area contributed by atoms with E-state index in [0.717, 1.165) is 10.0 Å². The highest BCUT2D eigenvalue weighted by atomic mass is 79.9. The number of nitriles is 1.